The van der Waals surface area contributed by atoms with E-state index >= 15 is 0 Å². The Kier molecular flexibility index (Phi) is 7.61. The number of hydrogen-bond acceptors (Lipinski definition) is 5. The minimum Gasteiger partial charge on any atom is -0.491 e. The fourth-order valence-electron chi connectivity index (χ4n) is 5.81. The van der Waals surface area contributed by atoms with Crippen molar-refractivity contribution in [3.63, 3.8) is 0 Å². The van der Waals surface area contributed by atoms with Gasteiger partial charge < -0.3 is 19.3 Å². The third-order valence-electron chi connectivity index (χ3n) is 7.32. The van der Waals surface area contributed by atoms with Crippen LogP contribution in [0.2, 0.25) is 0 Å². The topological polar surface area (TPSA) is 60.3 Å². The highest BCUT2D eigenvalue weighted by atomic mass is 16.5. The van der Waals surface area contributed by atoms with Crippen LogP contribution < -0.4 is 14.0 Å². The predicted molar refractivity (Wildman–Crippen MR) is 155 cm³/mol. The van der Waals surface area contributed by atoms with Gasteiger partial charge in [-0.05, 0) is 12.1 Å². The number of nitrogens with zero attached hydrogens (tertiary/aromatic N) is 2. The number of aliphatic imine (C=N–C) groups is 1. The second kappa shape index (κ2) is 11.3. The van der Waals surface area contributed by atoms with E-state index in [1.165, 1.54) is 0 Å². The van der Waals surface area contributed by atoms with Crippen LogP contribution in [0.1, 0.15) is 22.3 Å². The van der Waals surface area contributed by atoms with Crippen LogP contribution >= 0.6 is 0 Å². The molecule has 0 aromatic heterocycles. The number of aliphatic hydroxyl groups excluding tert-OH is 1. The summed E-state index contributed by atoms with van der Waals surface area (Å²) >= 11 is 0. The van der Waals surface area contributed by atoms with Gasteiger partial charge >= 0.3 is 0 Å². The molecule has 1 aliphatic rings. The molecule has 1 aliphatic heterocycles. The summed E-state index contributed by atoms with van der Waals surface area (Å²) in [6, 6.07) is 35.0. The molecule has 1 heterocycles. The molecule has 0 spiro atoms. The van der Waals surface area contributed by atoms with E-state index < -0.39 is 5.54 Å². The molecule has 0 aliphatic carbocycles. The maximum Gasteiger partial charge on any atom is 0.229 e. The van der Waals surface area contributed by atoms with Gasteiger partial charge in [-0.1, -0.05) is 91.0 Å². The summed E-state index contributed by atoms with van der Waals surface area (Å²) in [6.45, 7) is 0.135. The van der Waals surface area contributed by atoms with E-state index in [9.17, 15) is 5.11 Å². The molecule has 6 nitrogen and oxygen atoms in total. The molecule has 5 rings (SSSR count). The molecule has 6 heteroatoms. The van der Waals surface area contributed by atoms with Crippen molar-refractivity contribution in [2.24, 2.45) is 4.99 Å². The number of quaternary nitrogens is 1. The van der Waals surface area contributed by atoms with E-state index in [1.54, 1.807) is 21.3 Å². The van der Waals surface area contributed by atoms with Crippen molar-refractivity contribution in [1.29, 1.82) is 0 Å². The Morgan fingerprint density at radius 1 is 0.718 bits per heavy atom. The second-order valence-electron chi connectivity index (χ2n) is 9.35. The molecule has 1 atom stereocenters. The molecule has 39 heavy (non-hydrogen) atoms. The van der Waals surface area contributed by atoms with Crippen LogP contribution in [0.3, 0.4) is 0 Å². The van der Waals surface area contributed by atoms with Gasteiger partial charge in [-0.3, -0.25) is 0 Å². The van der Waals surface area contributed by atoms with Gasteiger partial charge in [0.25, 0.3) is 0 Å². The summed E-state index contributed by atoms with van der Waals surface area (Å²) < 4.78 is 17.8. The molecule has 4 aromatic carbocycles. The lowest BCUT2D eigenvalue weighted by molar-refractivity contribution is 0.181. The Hall–Kier alpha value is -4.23. The zero-order valence-corrected chi connectivity index (χ0v) is 22.5. The van der Waals surface area contributed by atoms with Gasteiger partial charge in [0.2, 0.25) is 12.0 Å². The molecule has 0 fully saturated rings. The SMILES string of the molecule is COCc1ccc(OC)c([N+]2(C(c3ccccc3)(c3ccccc3)c3ccccc3)C=NC(CO)=C2)c1OC. The molecule has 0 amide bonds. The van der Waals surface area contributed by atoms with Crippen molar-refractivity contribution in [2.75, 3.05) is 27.9 Å². The highest BCUT2D eigenvalue weighted by molar-refractivity contribution is 5.90. The Morgan fingerprint density at radius 2 is 1.26 bits per heavy atom. The summed E-state index contributed by atoms with van der Waals surface area (Å²) in [7, 11) is 4.98. The van der Waals surface area contributed by atoms with E-state index in [-0.39, 0.29) is 11.1 Å². The Balaban J connectivity index is 2.05. The average Bonchev–Trinajstić information content (AvgIpc) is 3.44. The standard InChI is InChI=1S/C33H33N2O4/c1-37-23-25-19-20-30(38-2)31(32(25)39-3)35(21-29(22-36)34-24-35)33(26-13-7-4-8-14-26,27-15-9-5-10-16-27)28-17-11-6-12-18-28/h4-21,24,36H,22-23H2,1-3H3/q+1. The quantitative estimate of drug-likeness (QED) is 0.205. The normalized spacial score (nSPS) is 16.7. The molecule has 4 aromatic rings. The number of methoxy groups -OCH3 is 3. The van der Waals surface area contributed by atoms with Gasteiger partial charge in [0.1, 0.15) is 11.9 Å². The average molecular weight is 522 g/mol. The summed E-state index contributed by atoms with van der Waals surface area (Å²) in [5.74, 6) is 1.26. The maximum atomic E-state index is 10.3. The first-order chi connectivity index (χ1) is 19.2. The molecule has 1 N–H and O–H groups in total. The van der Waals surface area contributed by atoms with Crippen molar-refractivity contribution in [2.45, 2.75) is 12.1 Å². The zero-order chi connectivity index (χ0) is 27.3. The van der Waals surface area contributed by atoms with E-state index in [1.807, 2.05) is 79.3 Å². The van der Waals surface area contributed by atoms with Crippen molar-refractivity contribution >= 4 is 12.0 Å². The van der Waals surface area contributed by atoms with Crippen molar-refractivity contribution in [3.05, 3.63) is 137 Å². The first-order valence-electron chi connectivity index (χ1n) is 12.8. The fraction of sp³-hybridized carbons (Fsp3) is 0.182. The Morgan fingerprint density at radius 3 is 1.67 bits per heavy atom. The van der Waals surface area contributed by atoms with Crippen LogP contribution in [0.25, 0.3) is 0 Å². The smallest absolute Gasteiger partial charge is 0.229 e. The Labute approximate surface area is 229 Å². The van der Waals surface area contributed by atoms with Gasteiger partial charge in [0.15, 0.2) is 17.0 Å². The third-order valence-corrected chi connectivity index (χ3v) is 7.32. The lowest BCUT2D eigenvalue weighted by Crippen LogP contribution is -2.60. The molecule has 0 saturated carbocycles. The van der Waals surface area contributed by atoms with E-state index in [0.717, 1.165) is 27.9 Å². The van der Waals surface area contributed by atoms with Crippen LogP contribution in [0.4, 0.5) is 5.69 Å². The van der Waals surface area contributed by atoms with Gasteiger partial charge in [0.05, 0.1) is 27.4 Å². The first-order valence-corrected chi connectivity index (χ1v) is 12.8. The van der Waals surface area contributed by atoms with E-state index in [2.05, 4.69) is 36.4 Å². The number of hydrogen-bond donors (Lipinski definition) is 1. The Bertz CT molecular complexity index is 1370. The summed E-state index contributed by atoms with van der Waals surface area (Å²) in [5.41, 5.74) is 4.37. The number of ether oxygens (including phenoxy) is 3. The fourth-order valence-corrected chi connectivity index (χ4v) is 5.81. The monoisotopic (exact) mass is 521 g/mol. The maximum absolute atomic E-state index is 10.3. The summed E-state index contributed by atoms with van der Waals surface area (Å²) in [5, 5.41) is 10.3. The van der Waals surface area contributed by atoms with Crippen LogP contribution in [0.15, 0.2) is 120 Å². The van der Waals surface area contributed by atoms with Crippen LogP contribution in [0, 0.1) is 0 Å². The molecule has 198 valence electrons. The minimum atomic E-state index is -0.892. The summed E-state index contributed by atoms with van der Waals surface area (Å²) in [4.78, 5) is 4.77. The largest absolute Gasteiger partial charge is 0.491 e. The molecular formula is C33H33N2O4+. The number of aliphatic hydroxyl groups is 1. The lowest BCUT2D eigenvalue weighted by atomic mass is 9.73. The molecule has 0 saturated heterocycles. The highest BCUT2D eigenvalue weighted by Gasteiger charge is 2.59. The highest BCUT2D eigenvalue weighted by Crippen LogP contribution is 2.57. The molecular weight excluding hydrogens is 488 g/mol. The second-order valence-corrected chi connectivity index (χ2v) is 9.35. The zero-order valence-electron chi connectivity index (χ0n) is 22.5. The predicted octanol–water partition coefficient (Wildman–Crippen LogP) is 6.03. The summed E-state index contributed by atoms with van der Waals surface area (Å²) in [6.07, 6.45) is 3.89. The molecule has 0 radical (unpaired) electrons. The van der Waals surface area contributed by atoms with Crippen LogP contribution in [-0.4, -0.2) is 39.4 Å². The van der Waals surface area contributed by atoms with E-state index in [4.69, 9.17) is 19.2 Å². The third kappa shape index (κ3) is 4.23. The van der Waals surface area contributed by atoms with Gasteiger partial charge in [-0.15, -0.1) is 0 Å². The van der Waals surface area contributed by atoms with Crippen molar-refractivity contribution in [3.8, 4) is 11.5 Å². The minimum absolute atomic E-state index is 0.0465. The number of benzene rings is 4. The van der Waals surface area contributed by atoms with Gasteiger partial charge in [0, 0.05) is 29.4 Å². The van der Waals surface area contributed by atoms with Crippen molar-refractivity contribution < 1.29 is 19.3 Å². The molecule has 0 bridgehead atoms. The van der Waals surface area contributed by atoms with Crippen LogP contribution in [0.5, 0.6) is 11.5 Å². The lowest BCUT2D eigenvalue weighted by Gasteiger charge is -2.48. The molecule has 1 unspecified atom stereocenters. The number of rotatable bonds is 10. The van der Waals surface area contributed by atoms with Crippen LogP contribution in [-0.2, 0) is 16.9 Å². The van der Waals surface area contributed by atoms with Gasteiger partial charge in [-0.2, -0.15) is 9.48 Å². The van der Waals surface area contributed by atoms with Crippen molar-refractivity contribution in [1.82, 2.24) is 4.48 Å². The first kappa shape index (κ1) is 26.4. The van der Waals surface area contributed by atoms with Gasteiger partial charge in [-0.25, -0.2) is 0 Å². The van der Waals surface area contributed by atoms with E-state index in [0.29, 0.717) is 23.8 Å².